The second kappa shape index (κ2) is 3.57. The van der Waals surface area contributed by atoms with Gasteiger partial charge >= 0.3 is 19.5 Å². The number of hydrogen-bond donors (Lipinski definition) is 0. The van der Waals surface area contributed by atoms with Crippen LogP contribution in [-0.2, 0) is 32.1 Å². The fourth-order valence-corrected chi connectivity index (χ4v) is 1.92. The van der Waals surface area contributed by atoms with Crippen molar-refractivity contribution in [2.24, 2.45) is 0 Å². The minimum absolute atomic E-state index is 0. The quantitative estimate of drug-likeness (QED) is 0.509. The molecule has 0 aliphatic rings. The molecule has 1 nitrogen and oxygen atoms in total. The van der Waals surface area contributed by atoms with Crippen LogP contribution < -0.4 is 0 Å². The predicted molar refractivity (Wildman–Crippen MR) is 45.3 cm³/mol. The molecule has 2 aromatic rings. The van der Waals surface area contributed by atoms with E-state index in [0.717, 1.165) is 9.86 Å². The van der Waals surface area contributed by atoms with Gasteiger partial charge in [-0.05, 0) is 15.1 Å². The Bertz CT molecular complexity index is 325. The molecule has 0 aliphatic carbocycles. The molecule has 1 aromatic carbocycles. The van der Waals surface area contributed by atoms with Gasteiger partial charge in [0.25, 0.3) is 0 Å². The van der Waals surface area contributed by atoms with Gasteiger partial charge in [-0.15, -0.1) is 0 Å². The molecule has 2 rings (SSSR count). The normalized spacial score (nSPS) is 9.45. The van der Waals surface area contributed by atoms with Crippen molar-refractivity contribution in [2.75, 3.05) is 0 Å². The molecule has 0 fully saturated rings. The first-order valence-corrected chi connectivity index (χ1v) is 4.11. The van der Waals surface area contributed by atoms with Crippen molar-refractivity contribution in [1.29, 1.82) is 0 Å². The molecule has 0 saturated carbocycles. The van der Waals surface area contributed by atoms with Gasteiger partial charge in [-0.2, -0.15) is 0 Å². The predicted octanol–water partition coefficient (Wildman–Crippen LogP) is 2.20. The van der Waals surface area contributed by atoms with Crippen LogP contribution in [0.4, 0.5) is 0 Å². The Morgan fingerprint density at radius 2 is 2.00 bits per heavy atom. The van der Waals surface area contributed by atoms with Crippen LogP contribution in [-0.4, -0.2) is 4.98 Å². The van der Waals surface area contributed by atoms with E-state index in [9.17, 15) is 0 Å². The van der Waals surface area contributed by atoms with E-state index in [1.54, 1.807) is 11.3 Å². The maximum Gasteiger partial charge on any atom is 2.00 e. The molecule has 0 saturated heterocycles. The largest absolute Gasteiger partial charge is 2.00 e. The zero-order valence-corrected chi connectivity index (χ0v) is 10.4. The van der Waals surface area contributed by atoms with Crippen molar-refractivity contribution >= 4 is 34.2 Å². The van der Waals surface area contributed by atoms with Gasteiger partial charge in [0, 0.05) is 0 Å². The summed E-state index contributed by atoms with van der Waals surface area (Å²) in [6.07, 6.45) is 0. The Morgan fingerprint density at radius 3 is 2.73 bits per heavy atom. The van der Waals surface area contributed by atoms with E-state index in [2.05, 4.69) is 4.98 Å². The van der Waals surface area contributed by atoms with Gasteiger partial charge in [0.15, 0.2) is 0 Å². The van der Waals surface area contributed by atoms with Crippen molar-refractivity contribution < 1.29 is 19.5 Å². The number of hydrogen-bond acceptors (Lipinski definition) is 3. The number of rotatable bonds is 0. The van der Waals surface area contributed by atoms with Crippen LogP contribution in [0.1, 0.15) is 0 Å². The fourth-order valence-electron chi connectivity index (χ4n) is 0.851. The maximum absolute atomic E-state index is 4.92. The Labute approximate surface area is 87.0 Å². The van der Waals surface area contributed by atoms with Crippen LogP contribution in [0.25, 0.3) is 10.2 Å². The Balaban J connectivity index is 0.000000605. The molecule has 0 bridgehead atoms. The second-order valence-electron chi connectivity index (χ2n) is 1.95. The zero-order chi connectivity index (χ0) is 6.97. The number of benzene rings is 1. The van der Waals surface area contributed by atoms with Crippen LogP contribution in [0.15, 0.2) is 28.6 Å². The molecule has 1 aromatic heterocycles. The summed E-state index contributed by atoms with van der Waals surface area (Å²) in [5, 5.41) is 0. The summed E-state index contributed by atoms with van der Waals surface area (Å²) in [5.41, 5.74) is 1.01. The molecular weight excluding hydrogens is 228 g/mol. The van der Waals surface area contributed by atoms with Crippen molar-refractivity contribution in [1.82, 2.24) is 4.98 Å². The monoisotopic (exact) mass is 230 g/mol. The van der Waals surface area contributed by atoms with E-state index in [-0.39, 0.29) is 19.5 Å². The Morgan fingerprint density at radius 1 is 1.27 bits per heavy atom. The molecule has 0 unspecified atom stereocenters. The summed E-state index contributed by atoms with van der Waals surface area (Å²) in [4.78, 5) is 4.15. The SMILES string of the molecule is [S-]c1nc2ccccc2s1.[Zn+2]. The van der Waals surface area contributed by atoms with Crippen molar-refractivity contribution in [2.45, 2.75) is 4.34 Å². The fraction of sp³-hybridized carbons (Fsp3) is 0. The first-order valence-electron chi connectivity index (χ1n) is 2.89. The second-order valence-corrected chi connectivity index (χ2v) is 3.62. The number of aromatic nitrogens is 1. The van der Waals surface area contributed by atoms with Crippen molar-refractivity contribution in [3.05, 3.63) is 24.3 Å². The summed E-state index contributed by atoms with van der Waals surface area (Å²) in [6, 6.07) is 7.97. The maximum atomic E-state index is 4.92. The summed E-state index contributed by atoms with van der Waals surface area (Å²) in [5.74, 6) is 0. The van der Waals surface area contributed by atoms with Gasteiger partial charge in [0.1, 0.15) is 0 Å². The number of para-hydroxylation sites is 1. The number of thiazole rings is 1. The van der Waals surface area contributed by atoms with Gasteiger partial charge in [-0.1, -0.05) is 18.2 Å². The average molecular weight is 232 g/mol. The van der Waals surface area contributed by atoms with E-state index in [1.807, 2.05) is 24.3 Å². The van der Waals surface area contributed by atoms with Gasteiger partial charge < -0.3 is 24.0 Å². The van der Waals surface area contributed by atoms with E-state index < -0.39 is 0 Å². The third kappa shape index (κ3) is 1.75. The summed E-state index contributed by atoms with van der Waals surface area (Å²) < 4.78 is 1.90. The molecule has 0 atom stereocenters. The standard InChI is InChI=1S/C7H5NS2.Zn/c9-7-8-5-3-1-2-4-6(5)10-7;/h1-4H,(H,8,9);/q;+2/p-1. The molecule has 1 heterocycles. The van der Waals surface area contributed by atoms with Gasteiger partial charge in [-0.3, -0.25) is 4.98 Å². The van der Waals surface area contributed by atoms with Crippen LogP contribution in [0.3, 0.4) is 0 Å². The molecule has 0 spiro atoms. The van der Waals surface area contributed by atoms with Gasteiger partial charge in [0.05, 0.1) is 5.52 Å². The Hall–Kier alpha value is -0.0466. The molecule has 0 aliphatic heterocycles. The number of fused-ring (bicyclic) bond motifs is 1. The first kappa shape index (κ1) is 9.04. The molecule has 0 amide bonds. The van der Waals surface area contributed by atoms with E-state index in [0.29, 0.717) is 0 Å². The van der Waals surface area contributed by atoms with Gasteiger partial charge in [-0.25, -0.2) is 0 Å². The van der Waals surface area contributed by atoms with Gasteiger partial charge in [0.2, 0.25) is 0 Å². The summed E-state index contributed by atoms with van der Waals surface area (Å²) in [7, 11) is 0. The van der Waals surface area contributed by atoms with Crippen LogP contribution >= 0.6 is 11.3 Å². The third-order valence-electron chi connectivity index (χ3n) is 1.27. The van der Waals surface area contributed by atoms with Crippen molar-refractivity contribution in [3.63, 3.8) is 0 Å². The van der Waals surface area contributed by atoms with Crippen LogP contribution in [0.5, 0.6) is 0 Å². The van der Waals surface area contributed by atoms with E-state index in [1.165, 1.54) is 4.70 Å². The smallest absolute Gasteiger partial charge is 0.408 e. The molecule has 50 valence electrons. The number of nitrogens with zero attached hydrogens (tertiary/aromatic N) is 1. The van der Waals surface area contributed by atoms with E-state index in [4.69, 9.17) is 12.6 Å². The topological polar surface area (TPSA) is 12.9 Å². The summed E-state index contributed by atoms with van der Waals surface area (Å²) >= 11 is 6.48. The molecular formula is C7H4NS2Zn+. The Kier molecular flexibility index (Phi) is 2.93. The van der Waals surface area contributed by atoms with Crippen molar-refractivity contribution in [3.8, 4) is 0 Å². The van der Waals surface area contributed by atoms with Crippen LogP contribution in [0, 0.1) is 0 Å². The molecule has 4 heteroatoms. The first-order chi connectivity index (χ1) is 4.86. The van der Waals surface area contributed by atoms with E-state index >= 15 is 0 Å². The molecule has 0 radical (unpaired) electrons. The minimum Gasteiger partial charge on any atom is -0.408 e. The third-order valence-corrected chi connectivity index (χ3v) is 2.45. The summed E-state index contributed by atoms with van der Waals surface area (Å²) in [6.45, 7) is 0. The molecule has 11 heavy (non-hydrogen) atoms. The molecule has 0 N–H and O–H groups in total. The minimum atomic E-state index is 0. The van der Waals surface area contributed by atoms with Crippen LogP contribution in [0.2, 0.25) is 0 Å². The average Bonchev–Trinajstić information content (AvgIpc) is 2.27. The zero-order valence-electron chi connectivity index (χ0n) is 5.78.